The number of alkyl halides is 1. The van der Waals surface area contributed by atoms with Crippen LogP contribution in [0.2, 0.25) is 0 Å². The predicted molar refractivity (Wildman–Crippen MR) is 74.9 cm³/mol. The van der Waals surface area contributed by atoms with E-state index in [1.807, 2.05) is 12.1 Å². The molecule has 0 amide bonds. The van der Waals surface area contributed by atoms with Crippen molar-refractivity contribution in [3.63, 3.8) is 0 Å². The Morgan fingerprint density at radius 2 is 1.59 bits per heavy atom. The number of methoxy groups -OCH3 is 1. The van der Waals surface area contributed by atoms with Crippen LogP contribution in [0.5, 0.6) is 5.75 Å². The van der Waals surface area contributed by atoms with Crippen LogP contribution in [0.3, 0.4) is 0 Å². The number of rotatable bonds is 7. The average molecular weight is 255 g/mol. The Balaban J connectivity index is 2.73. The van der Waals surface area contributed by atoms with Gasteiger partial charge in [-0.05, 0) is 36.5 Å². The monoisotopic (exact) mass is 254 g/mol. The standard InChI is InChI=1S/C15H23ClO/c1-4-6-12(7-5-2)15(16)13-8-10-14(17-3)11-9-13/h8-12,15H,4-7H2,1-3H3. The van der Waals surface area contributed by atoms with E-state index >= 15 is 0 Å². The SMILES string of the molecule is CCCC(CCC)C(Cl)c1ccc(OC)cc1. The molecule has 0 heterocycles. The third-order valence-corrected chi connectivity index (χ3v) is 3.78. The summed E-state index contributed by atoms with van der Waals surface area (Å²) in [5.41, 5.74) is 1.21. The highest BCUT2D eigenvalue weighted by Gasteiger charge is 2.19. The predicted octanol–water partition coefficient (Wildman–Crippen LogP) is 5.19. The summed E-state index contributed by atoms with van der Waals surface area (Å²) in [6, 6.07) is 8.13. The molecule has 0 aliphatic heterocycles. The van der Waals surface area contributed by atoms with Crippen LogP contribution in [-0.4, -0.2) is 7.11 Å². The molecule has 17 heavy (non-hydrogen) atoms. The van der Waals surface area contributed by atoms with Crippen LogP contribution in [0.25, 0.3) is 0 Å². The van der Waals surface area contributed by atoms with Gasteiger partial charge >= 0.3 is 0 Å². The molecule has 0 saturated carbocycles. The lowest BCUT2D eigenvalue weighted by Gasteiger charge is -2.21. The van der Waals surface area contributed by atoms with E-state index in [4.69, 9.17) is 16.3 Å². The summed E-state index contributed by atoms with van der Waals surface area (Å²) in [6.07, 6.45) is 4.80. The molecule has 0 aromatic heterocycles. The van der Waals surface area contributed by atoms with Crippen LogP contribution in [0.4, 0.5) is 0 Å². The molecule has 0 aliphatic rings. The Morgan fingerprint density at radius 1 is 1.06 bits per heavy atom. The molecule has 0 saturated heterocycles. The second-order valence-electron chi connectivity index (χ2n) is 4.51. The van der Waals surface area contributed by atoms with Gasteiger partial charge in [-0.2, -0.15) is 0 Å². The van der Waals surface area contributed by atoms with Gasteiger partial charge in [0, 0.05) is 0 Å². The molecule has 96 valence electrons. The normalized spacial score (nSPS) is 12.8. The van der Waals surface area contributed by atoms with Gasteiger partial charge in [-0.3, -0.25) is 0 Å². The van der Waals surface area contributed by atoms with Gasteiger partial charge in [0.1, 0.15) is 5.75 Å². The number of hydrogen-bond acceptors (Lipinski definition) is 1. The van der Waals surface area contributed by atoms with Crippen LogP contribution in [0.15, 0.2) is 24.3 Å². The first-order valence-electron chi connectivity index (χ1n) is 6.50. The van der Waals surface area contributed by atoms with E-state index < -0.39 is 0 Å². The van der Waals surface area contributed by atoms with Crippen LogP contribution in [-0.2, 0) is 0 Å². The quantitative estimate of drug-likeness (QED) is 0.609. The minimum absolute atomic E-state index is 0.126. The highest BCUT2D eigenvalue weighted by molar-refractivity contribution is 6.21. The molecule has 0 N–H and O–H groups in total. The number of ether oxygens (including phenoxy) is 1. The summed E-state index contributed by atoms with van der Waals surface area (Å²) in [5, 5.41) is 0.126. The second kappa shape index (κ2) is 7.60. The van der Waals surface area contributed by atoms with Gasteiger partial charge in [0.2, 0.25) is 0 Å². The van der Waals surface area contributed by atoms with Gasteiger partial charge in [0.25, 0.3) is 0 Å². The van der Waals surface area contributed by atoms with E-state index in [9.17, 15) is 0 Å². The highest BCUT2D eigenvalue weighted by atomic mass is 35.5. The molecule has 1 unspecified atom stereocenters. The van der Waals surface area contributed by atoms with Crippen molar-refractivity contribution in [1.29, 1.82) is 0 Å². The van der Waals surface area contributed by atoms with Crippen LogP contribution >= 0.6 is 11.6 Å². The zero-order valence-electron chi connectivity index (χ0n) is 11.1. The maximum absolute atomic E-state index is 6.58. The lowest BCUT2D eigenvalue weighted by molar-refractivity contribution is 0.412. The summed E-state index contributed by atoms with van der Waals surface area (Å²) in [4.78, 5) is 0. The molecule has 0 aliphatic carbocycles. The molecule has 1 rings (SSSR count). The lowest BCUT2D eigenvalue weighted by atomic mass is 9.90. The highest BCUT2D eigenvalue weighted by Crippen LogP contribution is 2.35. The molecular formula is C15H23ClO. The molecule has 0 bridgehead atoms. The van der Waals surface area contributed by atoms with Gasteiger partial charge < -0.3 is 4.74 Å². The summed E-state index contributed by atoms with van der Waals surface area (Å²) in [6.45, 7) is 4.45. The van der Waals surface area contributed by atoms with Gasteiger partial charge in [-0.1, -0.05) is 38.8 Å². The molecule has 1 nitrogen and oxygen atoms in total. The first-order chi connectivity index (χ1) is 8.22. The first kappa shape index (κ1) is 14.4. The Labute approximate surface area is 110 Å². The van der Waals surface area contributed by atoms with E-state index in [2.05, 4.69) is 26.0 Å². The van der Waals surface area contributed by atoms with Crippen molar-refractivity contribution in [3.8, 4) is 5.75 Å². The van der Waals surface area contributed by atoms with Gasteiger partial charge in [0.05, 0.1) is 12.5 Å². The van der Waals surface area contributed by atoms with Crippen molar-refractivity contribution in [2.45, 2.75) is 44.9 Å². The average Bonchev–Trinajstić information content (AvgIpc) is 2.38. The minimum atomic E-state index is 0.126. The molecule has 0 fully saturated rings. The molecule has 0 spiro atoms. The summed E-state index contributed by atoms with van der Waals surface area (Å²) in [7, 11) is 1.68. The molecule has 1 aromatic rings. The summed E-state index contributed by atoms with van der Waals surface area (Å²) >= 11 is 6.58. The Kier molecular flexibility index (Phi) is 6.43. The zero-order valence-corrected chi connectivity index (χ0v) is 11.8. The fourth-order valence-electron chi connectivity index (χ4n) is 2.24. The van der Waals surface area contributed by atoms with Crippen LogP contribution < -0.4 is 4.74 Å². The molecule has 1 atom stereocenters. The summed E-state index contributed by atoms with van der Waals surface area (Å²) < 4.78 is 5.16. The number of halogens is 1. The molecule has 2 heteroatoms. The topological polar surface area (TPSA) is 9.23 Å². The van der Waals surface area contributed by atoms with Crippen LogP contribution in [0, 0.1) is 5.92 Å². The second-order valence-corrected chi connectivity index (χ2v) is 4.98. The number of benzene rings is 1. The van der Waals surface area contributed by atoms with Gasteiger partial charge in [-0.25, -0.2) is 0 Å². The van der Waals surface area contributed by atoms with E-state index in [1.54, 1.807) is 7.11 Å². The Hall–Kier alpha value is -0.690. The van der Waals surface area contributed by atoms with Crippen molar-refractivity contribution in [2.75, 3.05) is 7.11 Å². The van der Waals surface area contributed by atoms with Gasteiger partial charge in [-0.15, -0.1) is 11.6 Å². The van der Waals surface area contributed by atoms with E-state index in [-0.39, 0.29) is 5.38 Å². The van der Waals surface area contributed by atoms with Crippen molar-refractivity contribution < 1.29 is 4.74 Å². The summed E-state index contributed by atoms with van der Waals surface area (Å²) in [5.74, 6) is 1.47. The molecule has 0 radical (unpaired) electrons. The van der Waals surface area contributed by atoms with Crippen molar-refractivity contribution in [2.24, 2.45) is 5.92 Å². The number of hydrogen-bond donors (Lipinski definition) is 0. The maximum atomic E-state index is 6.58. The van der Waals surface area contributed by atoms with E-state index in [1.165, 1.54) is 31.2 Å². The fourth-order valence-corrected chi connectivity index (χ4v) is 2.64. The van der Waals surface area contributed by atoms with E-state index in [0.29, 0.717) is 5.92 Å². The molecule has 1 aromatic carbocycles. The minimum Gasteiger partial charge on any atom is -0.497 e. The van der Waals surface area contributed by atoms with Crippen LogP contribution in [0.1, 0.15) is 50.5 Å². The van der Waals surface area contributed by atoms with Crippen molar-refractivity contribution in [3.05, 3.63) is 29.8 Å². The van der Waals surface area contributed by atoms with E-state index in [0.717, 1.165) is 5.75 Å². The van der Waals surface area contributed by atoms with Crippen molar-refractivity contribution >= 4 is 11.6 Å². The largest absolute Gasteiger partial charge is 0.497 e. The smallest absolute Gasteiger partial charge is 0.118 e. The fraction of sp³-hybridized carbons (Fsp3) is 0.600. The lowest BCUT2D eigenvalue weighted by Crippen LogP contribution is -2.08. The zero-order chi connectivity index (χ0) is 12.7. The first-order valence-corrected chi connectivity index (χ1v) is 6.94. The molecular weight excluding hydrogens is 232 g/mol. The Morgan fingerprint density at radius 3 is 2.00 bits per heavy atom. The third kappa shape index (κ3) is 4.23. The van der Waals surface area contributed by atoms with Gasteiger partial charge in [0.15, 0.2) is 0 Å². The van der Waals surface area contributed by atoms with Crippen molar-refractivity contribution in [1.82, 2.24) is 0 Å². The third-order valence-electron chi connectivity index (χ3n) is 3.17. The Bertz CT molecular complexity index is 301. The maximum Gasteiger partial charge on any atom is 0.118 e.